The van der Waals surface area contributed by atoms with Crippen LogP contribution in [0.5, 0.6) is 0 Å². The van der Waals surface area contributed by atoms with Crippen molar-refractivity contribution in [2.75, 3.05) is 61.4 Å². The smallest absolute Gasteiger partial charge is 0.263 e. The Morgan fingerprint density at radius 2 is 1.81 bits per heavy atom. The van der Waals surface area contributed by atoms with E-state index in [4.69, 9.17) is 0 Å². The molecule has 0 spiro atoms. The van der Waals surface area contributed by atoms with Crippen LogP contribution in [-0.4, -0.2) is 67.1 Å². The molecule has 0 atom stereocenters. The maximum atomic E-state index is 13.6. The summed E-state index contributed by atoms with van der Waals surface area (Å²) in [7, 11) is 1.99. The van der Waals surface area contributed by atoms with Crippen molar-refractivity contribution >= 4 is 23.4 Å². The molecule has 5 rings (SSSR count). The molecule has 0 radical (unpaired) electrons. The van der Waals surface area contributed by atoms with E-state index in [1.807, 2.05) is 23.8 Å². The molecule has 2 aliphatic rings. The SMILES string of the molecule is CCNc1ncc2c(n1)N(C)CCN(c1cccc(C3CCN(CCc4ccccc4)CC3)c1)C2=O. The highest BCUT2D eigenvalue weighted by Crippen LogP contribution is 2.32. The van der Waals surface area contributed by atoms with Crippen molar-refractivity contribution in [2.24, 2.45) is 0 Å². The number of fused-ring (bicyclic) bond motifs is 1. The number of nitrogens with one attached hydrogen (secondary N) is 1. The molecule has 7 nitrogen and oxygen atoms in total. The van der Waals surface area contributed by atoms with Crippen molar-refractivity contribution in [2.45, 2.75) is 32.1 Å². The molecule has 1 fully saturated rings. The van der Waals surface area contributed by atoms with Gasteiger partial charge in [0.2, 0.25) is 5.95 Å². The van der Waals surface area contributed by atoms with Crippen LogP contribution in [0.15, 0.2) is 60.8 Å². The number of anilines is 3. The van der Waals surface area contributed by atoms with Crippen LogP contribution in [0.25, 0.3) is 0 Å². The van der Waals surface area contributed by atoms with E-state index in [9.17, 15) is 4.79 Å². The third-order valence-electron chi connectivity index (χ3n) is 7.40. The number of hydrogen-bond donors (Lipinski definition) is 1. The first-order valence-electron chi connectivity index (χ1n) is 13.1. The van der Waals surface area contributed by atoms with E-state index in [1.54, 1.807) is 6.20 Å². The van der Waals surface area contributed by atoms with Crippen molar-refractivity contribution in [3.63, 3.8) is 0 Å². The number of piperidine rings is 1. The van der Waals surface area contributed by atoms with E-state index in [0.717, 1.165) is 51.1 Å². The number of likely N-dealkylation sites (tertiary alicyclic amines) is 1. The van der Waals surface area contributed by atoms with Crippen molar-refractivity contribution in [1.29, 1.82) is 0 Å². The van der Waals surface area contributed by atoms with E-state index in [0.29, 0.717) is 36.3 Å². The van der Waals surface area contributed by atoms with Gasteiger partial charge in [0.15, 0.2) is 0 Å². The second-order valence-corrected chi connectivity index (χ2v) is 9.79. The number of hydrogen-bond acceptors (Lipinski definition) is 6. The molecule has 0 aliphatic carbocycles. The van der Waals surface area contributed by atoms with Crippen LogP contribution in [0.3, 0.4) is 0 Å². The molecular weight excluding hydrogens is 448 g/mol. The molecule has 36 heavy (non-hydrogen) atoms. The number of aromatic nitrogens is 2. The monoisotopic (exact) mass is 484 g/mol. The lowest BCUT2D eigenvalue weighted by Gasteiger charge is -2.32. The van der Waals surface area contributed by atoms with Gasteiger partial charge in [0, 0.05) is 45.1 Å². The molecule has 1 aromatic heterocycles. The minimum atomic E-state index is -0.0368. The molecule has 0 saturated carbocycles. The first-order chi connectivity index (χ1) is 17.6. The zero-order valence-corrected chi connectivity index (χ0v) is 21.4. The van der Waals surface area contributed by atoms with Gasteiger partial charge in [-0.1, -0.05) is 42.5 Å². The zero-order valence-electron chi connectivity index (χ0n) is 21.4. The lowest BCUT2D eigenvalue weighted by atomic mass is 9.89. The topological polar surface area (TPSA) is 64.6 Å². The van der Waals surface area contributed by atoms with E-state index in [1.165, 1.54) is 11.1 Å². The van der Waals surface area contributed by atoms with Crippen LogP contribution in [0, 0.1) is 0 Å². The van der Waals surface area contributed by atoms with Crippen LogP contribution < -0.4 is 15.1 Å². The summed E-state index contributed by atoms with van der Waals surface area (Å²) in [6.45, 7) is 7.43. The van der Waals surface area contributed by atoms with Gasteiger partial charge in [0.05, 0.1) is 0 Å². The molecule has 1 saturated heterocycles. The fraction of sp³-hybridized carbons (Fsp3) is 0.414. The average molecular weight is 485 g/mol. The van der Waals surface area contributed by atoms with Crippen molar-refractivity contribution in [3.8, 4) is 0 Å². The molecule has 0 bridgehead atoms. The number of benzene rings is 2. The average Bonchev–Trinajstić information content (AvgIpc) is 3.04. The second-order valence-electron chi connectivity index (χ2n) is 9.79. The van der Waals surface area contributed by atoms with E-state index < -0.39 is 0 Å². The predicted molar refractivity (Wildman–Crippen MR) is 146 cm³/mol. The Hall–Kier alpha value is -3.45. The molecule has 188 valence electrons. The summed E-state index contributed by atoms with van der Waals surface area (Å²) in [4.78, 5) is 29.1. The minimum absolute atomic E-state index is 0.0368. The molecule has 2 aromatic carbocycles. The lowest BCUT2D eigenvalue weighted by Crippen LogP contribution is -2.35. The molecule has 7 heteroatoms. The van der Waals surface area contributed by atoms with Crippen molar-refractivity contribution < 1.29 is 4.79 Å². The summed E-state index contributed by atoms with van der Waals surface area (Å²) >= 11 is 0. The molecule has 3 aromatic rings. The van der Waals surface area contributed by atoms with E-state index >= 15 is 0 Å². The normalized spacial score (nSPS) is 17.1. The number of amides is 1. The van der Waals surface area contributed by atoms with Gasteiger partial charge >= 0.3 is 0 Å². The molecular formula is C29H36N6O. The van der Waals surface area contributed by atoms with Gasteiger partial charge in [-0.2, -0.15) is 4.98 Å². The Labute approximate surface area is 214 Å². The van der Waals surface area contributed by atoms with Gasteiger partial charge < -0.3 is 20.0 Å². The molecule has 1 amide bonds. The van der Waals surface area contributed by atoms with E-state index in [-0.39, 0.29) is 5.91 Å². The quantitative estimate of drug-likeness (QED) is 0.535. The Morgan fingerprint density at radius 1 is 1.00 bits per heavy atom. The van der Waals surface area contributed by atoms with Crippen LogP contribution in [0.1, 0.15) is 47.2 Å². The largest absolute Gasteiger partial charge is 0.357 e. The maximum absolute atomic E-state index is 13.6. The minimum Gasteiger partial charge on any atom is -0.357 e. The molecule has 0 unspecified atom stereocenters. The van der Waals surface area contributed by atoms with Gasteiger partial charge in [-0.15, -0.1) is 0 Å². The molecule has 2 aliphatic heterocycles. The molecule has 1 N–H and O–H groups in total. The highest BCUT2D eigenvalue weighted by atomic mass is 16.2. The fourth-order valence-corrected chi connectivity index (χ4v) is 5.28. The van der Waals surface area contributed by atoms with Gasteiger partial charge in [0.1, 0.15) is 11.4 Å². The number of rotatable bonds is 7. The highest BCUT2D eigenvalue weighted by Gasteiger charge is 2.29. The third-order valence-corrected chi connectivity index (χ3v) is 7.40. The van der Waals surface area contributed by atoms with Crippen LogP contribution >= 0.6 is 0 Å². The first kappa shape index (κ1) is 24.3. The number of carbonyl (C=O) groups excluding carboxylic acids is 1. The Kier molecular flexibility index (Phi) is 7.47. The van der Waals surface area contributed by atoms with Crippen molar-refractivity contribution in [3.05, 3.63) is 77.5 Å². The van der Waals surface area contributed by atoms with Gasteiger partial charge in [-0.25, -0.2) is 4.98 Å². The summed E-state index contributed by atoms with van der Waals surface area (Å²) in [6.07, 6.45) is 5.07. The number of nitrogens with zero attached hydrogens (tertiary/aromatic N) is 5. The zero-order chi connectivity index (χ0) is 24.9. The Balaban J connectivity index is 1.26. The van der Waals surface area contributed by atoms with Gasteiger partial charge in [-0.05, 0) is 68.5 Å². The van der Waals surface area contributed by atoms with Gasteiger partial charge in [-0.3, -0.25) is 4.79 Å². The predicted octanol–water partition coefficient (Wildman–Crippen LogP) is 4.43. The Bertz CT molecular complexity index is 1180. The summed E-state index contributed by atoms with van der Waals surface area (Å²) in [6, 6.07) is 19.3. The third kappa shape index (κ3) is 5.36. The first-order valence-corrected chi connectivity index (χ1v) is 13.1. The van der Waals surface area contributed by atoms with E-state index in [2.05, 4.69) is 74.8 Å². The second kappa shape index (κ2) is 11.1. The number of carbonyl (C=O) groups is 1. The molecule has 3 heterocycles. The Morgan fingerprint density at radius 3 is 2.58 bits per heavy atom. The summed E-state index contributed by atoms with van der Waals surface area (Å²) in [5.74, 6) is 1.74. The summed E-state index contributed by atoms with van der Waals surface area (Å²) in [5, 5.41) is 3.14. The van der Waals surface area contributed by atoms with Crippen molar-refractivity contribution in [1.82, 2.24) is 14.9 Å². The standard InChI is InChI=1S/C29H36N6O/c1-3-30-29-31-21-26-27(32-29)33(2)18-19-35(28(26)36)25-11-7-10-24(20-25)23-13-16-34(17-14-23)15-12-22-8-5-4-6-9-22/h4-11,20-21,23H,3,12-19H2,1-2H3,(H,30,31,32). The van der Waals surface area contributed by atoms with Crippen LogP contribution in [-0.2, 0) is 6.42 Å². The summed E-state index contributed by atoms with van der Waals surface area (Å²) in [5.41, 5.74) is 4.25. The lowest BCUT2D eigenvalue weighted by molar-refractivity contribution is 0.0989. The number of likely N-dealkylation sites (N-methyl/N-ethyl adjacent to an activating group) is 1. The fourth-order valence-electron chi connectivity index (χ4n) is 5.28. The van der Waals surface area contributed by atoms with Gasteiger partial charge in [0.25, 0.3) is 5.91 Å². The van der Waals surface area contributed by atoms with Crippen LogP contribution in [0.4, 0.5) is 17.5 Å². The summed E-state index contributed by atoms with van der Waals surface area (Å²) < 4.78 is 0. The van der Waals surface area contributed by atoms with Crippen LogP contribution in [0.2, 0.25) is 0 Å². The maximum Gasteiger partial charge on any atom is 0.263 e. The highest BCUT2D eigenvalue weighted by molar-refractivity contribution is 6.09.